The standard InChI is InChI=1S/C19H22O2/c1-4-15-5-7-16(8-6-15)13-19(2,14-20)17-9-11-18(21-3)12-10-17/h5-12,14H,4,13H2,1-3H3. The number of benzene rings is 2. The summed E-state index contributed by atoms with van der Waals surface area (Å²) in [6, 6.07) is 16.2. The van der Waals surface area contributed by atoms with Gasteiger partial charge in [0.15, 0.2) is 0 Å². The van der Waals surface area contributed by atoms with Gasteiger partial charge in [0.1, 0.15) is 12.0 Å². The van der Waals surface area contributed by atoms with Gasteiger partial charge in [-0.05, 0) is 48.6 Å². The fraction of sp³-hybridized carbons (Fsp3) is 0.316. The number of rotatable bonds is 6. The van der Waals surface area contributed by atoms with Crippen LogP contribution in [0.4, 0.5) is 0 Å². The lowest BCUT2D eigenvalue weighted by Gasteiger charge is -2.24. The second-order valence-electron chi connectivity index (χ2n) is 5.61. The van der Waals surface area contributed by atoms with Crippen LogP contribution in [-0.2, 0) is 23.1 Å². The molecule has 0 aliphatic rings. The molecule has 1 atom stereocenters. The third-order valence-corrected chi connectivity index (χ3v) is 4.01. The van der Waals surface area contributed by atoms with Gasteiger partial charge in [-0.2, -0.15) is 0 Å². The number of ether oxygens (including phenoxy) is 1. The predicted molar refractivity (Wildman–Crippen MR) is 85.9 cm³/mol. The molecule has 2 nitrogen and oxygen atoms in total. The smallest absolute Gasteiger partial charge is 0.130 e. The van der Waals surface area contributed by atoms with Gasteiger partial charge in [-0.15, -0.1) is 0 Å². The molecule has 0 N–H and O–H groups in total. The van der Waals surface area contributed by atoms with Crippen LogP contribution in [0.5, 0.6) is 5.75 Å². The molecule has 0 spiro atoms. The molecule has 2 rings (SSSR count). The lowest BCUT2D eigenvalue weighted by Crippen LogP contribution is -2.26. The van der Waals surface area contributed by atoms with Crippen LogP contribution in [0.25, 0.3) is 0 Å². The Kier molecular flexibility index (Phi) is 4.79. The van der Waals surface area contributed by atoms with Gasteiger partial charge in [0.05, 0.1) is 12.5 Å². The molecule has 2 heteroatoms. The number of hydrogen-bond acceptors (Lipinski definition) is 2. The average Bonchev–Trinajstić information content (AvgIpc) is 2.55. The lowest BCUT2D eigenvalue weighted by atomic mass is 9.78. The van der Waals surface area contributed by atoms with Gasteiger partial charge in [-0.25, -0.2) is 0 Å². The summed E-state index contributed by atoms with van der Waals surface area (Å²) in [5.74, 6) is 0.805. The van der Waals surface area contributed by atoms with Gasteiger partial charge in [0.2, 0.25) is 0 Å². The Hall–Kier alpha value is -2.09. The van der Waals surface area contributed by atoms with Crippen LogP contribution in [0.2, 0.25) is 0 Å². The average molecular weight is 282 g/mol. The van der Waals surface area contributed by atoms with E-state index < -0.39 is 5.41 Å². The molecule has 0 aliphatic carbocycles. The van der Waals surface area contributed by atoms with Crippen LogP contribution in [0.15, 0.2) is 48.5 Å². The molecule has 0 amide bonds. The van der Waals surface area contributed by atoms with Crippen LogP contribution in [0.3, 0.4) is 0 Å². The third-order valence-electron chi connectivity index (χ3n) is 4.01. The molecule has 2 aromatic carbocycles. The first-order valence-electron chi connectivity index (χ1n) is 7.30. The summed E-state index contributed by atoms with van der Waals surface area (Å²) in [6.45, 7) is 4.12. The van der Waals surface area contributed by atoms with Crippen molar-refractivity contribution in [2.45, 2.75) is 32.1 Å². The highest BCUT2D eigenvalue weighted by atomic mass is 16.5. The largest absolute Gasteiger partial charge is 0.497 e. The van der Waals surface area contributed by atoms with Gasteiger partial charge < -0.3 is 9.53 Å². The zero-order valence-corrected chi connectivity index (χ0v) is 12.9. The highest BCUT2D eigenvalue weighted by Crippen LogP contribution is 2.28. The molecule has 0 aromatic heterocycles. The topological polar surface area (TPSA) is 26.3 Å². The van der Waals surface area contributed by atoms with Crippen LogP contribution in [-0.4, -0.2) is 13.4 Å². The van der Waals surface area contributed by atoms with Crippen molar-refractivity contribution in [3.05, 3.63) is 65.2 Å². The number of methoxy groups -OCH3 is 1. The maximum atomic E-state index is 11.7. The minimum absolute atomic E-state index is 0.514. The number of aldehydes is 1. The molecule has 1 unspecified atom stereocenters. The molecule has 0 bridgehead atoms. The van der Waals surface area contributed by atoms with Crippen molar-refractivity contribution in [3.63, 3.8) is 0 Å². The number of aryl methyl sites for hydroxylation is 1. The van der Waals surface area contributed by atoms with Gasteiger partial charge in [-0.1, -0.05) is 43.3 Å². The second-order valence-corrected chi connectivity index (χ2v) is 5.61. The number of hydrogen-bond donors (Lipinski definition) is 0. The summed E-state index contributed by atoms with van der Waals surface area (Å²) in [7, 11) is 1.64. The monoisotopic (exact) mass is 282 g/mol. The van der Waals surface area contributed by atoms with Gasteiger partial charge in [-0.3, -0.25) is 0 Å². The van der Waals surface area contributed by atoms with Crippen molar-refractivity contribution < 1.29 is 9.53 Å². The Balaban J connectivity index is 2.24. The van der Waals surface area contributed by atoms with Crippen molar-refractivity contribution in [1.29, 1.82) is 0 Å². The maximum absolute atomic E-state index is 11.7. The fourth-order valence-corrected chi connectivity index (χ4v) is 2.50. The molecule has 110 valence electrons. The molecular weight excluding hydrogens is 260 g/mol. The zero-order valence-electron chi connectivity index (χ0n) is 12.9. The zero-order chi connectivity index (χ0) is 15.3. The van der Waals surface area contributed by atoms with Crippen LogP contribution in [0, 0.1) is 0 Å². The van der Waals surface area contributed by atoms with Crippen LogP contribution < -0.4 is 4.74 Å². The molecule has 0 saturated carbocycles. The Labute approximate surface area is 126 Å². The van der Waals surface area contributed by atoms with Gasteiger partial charge in [0.25, 0.3) is 0 Å². The van der Waals surface area contributed by atoms with E-state index in [-0.39, 0.29) is 0 Å². The summed E-state index contributed by atoms with van der Waals surface area (Å²) < 4.78 is 5.17. The molecule has 0 fully saturated rings. The van der Waals surface area contributed by atoms with E-state index in [2.05, 4.69) is 31.2 Å². The third kappa shape index (κ3) is 3.52. The molecule has 0 saturated heterocycles. The second kappa shape index (κ2) is 6.57. The van der Waals surface area contributed by atoms with Crippen molar-refractivity contribution in [2.24, 2.45) is 0 Å². The first-order valence-corrected chi connectivity index (χ1v) is 7.30. The Morgan fingerprint density at radius 2 is 1.57 bits per heavy atom. The van der Waals surface area contributed by atoms with E-state index in [4.69, 9.17) is 4.74 Å². The van der Waals surface area contributed by atoms with Crippen molar-refractivity contribution in [3.8, 4) is 5.75 Å². The van der Waals surface area contributed by atoms with Crippen LogP contribution >= 0.6 is 0 Å². The van der Waals surface area contributed by atoms with E-state index in [1.54, 1.807) is 7.11 Å². The van der Waals surface area contributed by atoms with E-state index in [1.807, 2.05) is 31.2 Å². The Morgan fingerprint density at radius 1 is 1.00 bits per heavy atom. The SMILES string of the molecule is CCc1ccc(CC(C)(C=O)c2ccc(OC)cc2)cc1. The lowest BCUT2D eigenvalue weighted by molar-refractivity contribution is -0.112. The minimum Gasteiger partial charge on any atom is -0.497 e. The van der Waals surface area contributed by atoms with Gasteiger partial charge >= 0.3 is 0 Å². The number of carbonyl (C=O) groups excluding carboxylic acids is 1. The van der Waals surface area contributed by atoms with E-state index in [9.17, 15) is 4.79 Å². The van der Waals surface area contributed by atoms with Crippen molar-refractivity contribution >= 4 is 6.29 Å². The fourth-order valence-electron chi connectivity index (χ4n) is 2.50. The van der Waals surface area contributed by atoms with E-state index in [0.717, 1.165) is 24.0 Å². The molecule has 0 aliphatic heterocycles. The van der Waals surface area contributed by atoms with Crippen LogP contribution in [0.1, 0.15) is 30.5 Å². The van der Waals surface area contributed by atoms with Gasteiger partial charge in [0, 0.05) is 0 Å². The number of carbonyl (C=O) groups is 1. The predicted octanol–water partition coefficient (Wildman–Crippen LogP) is 3.96. The first kappa shape index (κ1) is 15.3. The molecule has 21 heavy (non-hydrogen) atoms. The maximum Gasteiger partial charge on any atom is 0.130 e. The minimum atomic E-state index is -0.514. The quantitative estimate of drug-likeness (QED) is 0.750. The first-order chi connectivity index (χ1) is 10.1. The van der Waals surface area contributed by atoms with E-state index in [1.165, 1.54) is 11.1 Å². The Morgan fingerprint density at radius 3 is 2.05 bits per heavy atom. The molecule has 2 aromatic rings. The summed E-state index contributed by atoms with van der Waals surface area (Å²) in [5, 5.41) is 0. The Bertz CT molecular complexity index is 584. The highest BCUT2D eigenvalue weighted by molar-refractivity contribution is 5.69. The van der Waals surface area contributed by atoms with E-state index in [0.29, 0.717) is 6.42 Å². The summed E-state index contributed by atoms with van der Waals surface area (Å²) >= 11 is 0. The van der Waals surface area contributed by atoms with Crippen molar-refractivity contribution in [1.82, 2.24) is 0 Å². The molecule has 0 heterocycles. The normalized spacial score (nSPS) is 13.5. The highest BCUT2D eigenvalue weighted by Gasteiger charge is 2.26. The summed E-state index contributed by atoms with van der Waals surface area (Å²) in [5.41, 5.74) is 2.99. The summed E-state index contributed by atoms with van der Waals surface area (Å²) in [6.07, 6.45) is 2.78. The molecule has 0 radical (unpaired) electrons. The molecular formula is C19H22O2. The summed E-state index contributed by atoms with van der Waals surface area (Å²) in [4.78, 5) is 11.7. The van der Waals surface area contributed by atoms with Crippen molar-refractivity contribution in [2.75, 3.05) is 7.11 Å². The van der Waals surface area contributed by atoms with E-state index >= 15 is 0 Å².